The smallest absolute Gasteiger partial charge is 0.0595 e. The van der Waals surface area contributed by atoms with Gasteiger partial charge in [0.05, 0.1) is 16.7 Å². The topological polar surface area (TPSA) is 23.5 Å². The van der Waals surface area contributed by atoms with E-state index in [1.165, 1.54) is 5.56 Å². The van der Waals surface area contributed by atoms with Gasteiger partial charge in [-0.3, -0.25) is 0 Å². The second-order valence-corrected chi connectivity index (χ2v) is 5.00. The van der Waals surface area contributed by atoms with Gasteiger partial charge in [-0.25, -0.2) is 0 Å². The number of nitrogens with zero attached hydrogens (tertiary/aromatic N) is 1. The second-order valence-electron chi connectivity index (χ2n) is 4.18. The normalized spacial score (nSPS) is 21.6. The third-order valence-corrected chi connectivity index (χ3v) is 3.84. The highest BCUT2D eigenvalue weighted by Crippen LogP contribution is 2.31. The molecule has 2 nitrogen and oxygen atoms in total. The number of β-amino-alcohol motifs (C(OH)–C–C–N with tert-alkyl or cyclic N) is 1. The van der Waals surface area contributed by atoms with Gasteiger partial charge in [0.15, 0.2) is 0 Å². The zero-order valence-electron chi connectivity index (χ0n) is 9.00. The van der Waals surface area contributed by atoms with Crippen molar-refractivity contribution in [2.75, 3.05) is 26.2 Å². The van der Waals surface area contributed by atoms with Crippen molar-refractivity contribution in [1.82, 2.24) is 4.90 Å². The molecule has 1 heterocycles. The van der Waals surface area contributed by atoms with E-state index in [9.17, 15) is 0 Å². The lowest BCUT2D eigenvalue weighted by Gasteiger charge is -2.14. The molecule has 0 amide bonds. The van der Waals surface area contributed by atoms with Gasteiger partial charge in [0.1, 0.15) is 0 Å². The van der Waals surface area contributed by atoms with Crippen LogP contribution in [0.1, 0.15) is 17.9 Å². The Kier molecular flexibility index (Phi) is 4.09. The highest BCUT2D eigenvalue weighted by molar-refractivity contribution is 6.42. The van der Waals surface area contributed by atoms with E-state index in [1.54, 1.807) is 0 Å². The molecular formula is C12H15Cl2NO. The van der Waals surface area contributed by atoms with Crippen LogP contribution in [0.2, 0.25) is 10.0 Å². The van der Waals surface area contributed by atoms with Crippen molar-refractivity contribution in [3.05, 3.63) is 33.8 Å². The molecular weight excluding hydrogens is 245 g/mol. The zero-order valence-corrected chi connectivity index (χ0v) is 10.5. The maximum Gasteiger partial charge on any atom is 0.0595 e. The molecule has 1 unspecified atom stereocenters. The van der Waals surface area contributed by atoms with Gasteiger partial charge in [-0.2, -0.15) is 0 Å². The van der Waals surface area contributed by atoms with Crippen LogP contribution >= 0.6 is 23.2 Å². The van der Waals surface area contributed by atoms with E-state index >= 15 is 0 Å². The Hall–Kier alpha value is -0.280. The fourth-order valence-electron chi connectivity index (χ4n) is 2.22. The van der Waals surface area contributed by atoms with Gasteiger partial charge < -0.3 is 10.0 Å². The number of aliphatic hydroxyl groups excluding tert-OH is 1. The molecule has 0 spiro atoms. The molecule has 4 heteroatoms. The number of hydrogen-bond acceptors (Lipinski definition) is 2. The Balaban J connectivity index is 2.05. The predicted octanol–water partition coefficient (Wildman–Crippen LogP) is 2.78. The maximum atomic E-state index is 8.88. The van der Waals surface area contributed by atoms with E-state index in [1.807, 2.05) is 18.2 Å². The first-order valence-electron chi connectivity index (χ1n) is 5.49. The summed E-state index contributed by atoms with van der Waals surface area (Å²) < 4.78 is 0. The molecule has 2 rings (SSSR count). The first-order valence-corrected chi connectivity index (χ1v) is 6.24. The standard InChI is InChI=1S/C12H15Cl2NO/c13-11-2-1-9(7-12(11)14)10-3-4-15(8-10)5-6-16/h1-2,7,10,16H,3-6,8H2. The Morgan fingerprint density at radius 1 is 1.31 bits per heavy atom. The average Bonchev–Trinajstić information content (AvgIpc) is 2.71. The summed E-state index contributed by atoms with van der Waals surface area (Å²) in [5.74, 6) is 0.515. The minimum Gasteiger partial charge on any atom is -0.395 e. The van der Waals surface area contributed by atoms with Crippen molar-refractivity contribution in [1.29, 1.82) is 0 Å². The molecule has 1 aromatic carbocycles. The molecule has 0 bridgehead atoms. The van der Waals surface area contributed by atoms with Gasteiger partial charge in [-0.1, -0.05) is 29.3 Å². The predicted molar refractivity (Wildman–Crippen MR) is 67.3 cm³/mol. The number of rotatable bonds is 3. The number of likely N-dealkylation sites (tertiary alicyclic amines) is 1. The third-order valence-electron chi connectivity index (χ3n) is 3.10. The Bertz CT molecular complexity index is 370. The lowest BCUT2D eigenvalue weighted by molar-refractivity contribution is 0.220. The highest BCUT2D eigenvalue weighted by Gasteiger charge is 2.23. The molecule has 88 valence electrons. The van der Waals surface area contributed by atoms with Crippen LogP contribution in [0.25, 0.3) is 0 Å². The first kappa shape index (κ1) is 12.2. The number of aliphatic hydroxyl groups is 1. The molecule has 0 saturated carbocycles. The molecule has 1 aromatic rings. The van der Waals surface area contributed by atoms with E-state index in [-0.39, 0.29) is 6.61 Å². The van der Waals surface area contributed by atoms with E-state index in [0.29, 0.717) is 16.0 Å². The summed E-state index contributed by atoms with van der Waals surface area (Å²) in [5.41, 5.74) is 1.25. The van der Waals surface area contributed by atoms with Gasteiger partial charge in [0.25, 0.3) is 0 Å². The van der Waals surface area contributed by atoms with Gasteiger partial charge >= 0.3 is 0 Å². The summed E-state index contributed by atoms with van der Waals surface area (Å²) in [4.78, 5) is 2.27. The van der Waals surface area contributed by atoms with E-state index < -0.39 is 0 Å². The Labute approximate surface area is 106 Å². The lowest BCUT2D eigenvalue weighted by Crippen LogP contribution is -2.23. The lowest BCUT2D eigenvalue weighted by atomic mass is 9.99. The number of benzene rings is 1. The fraction of sp³-hybridized carbons (Fsp3) is 0.500. The summed E-state index contributed by atoms with van der Waals surface area (Å²) in [7, 11) is 0. The van der Waals surface area contributed by atoms with E-state index in [4.69, 9.17) is 28.3 Å². The maximum absolute atomic E-state index is 8.88. The average molecular weight is 260 g/mol. The molecule has 1 aliphatic rings. The molecule has 0 aliphatic carbocycles. The molecule has 1 saturated heterocycles. The van der Waals surface area contributed by atoms with Crippen molar-refractivity contribution >= 4 is 23.2 Å². The van der Waals surface area contributed by atoms with Crippen molar-refractivity contribution in [2.24, 2.45) is 0 Å². The largest absolute Gasteiger partial charge is 0.395 e. The van der Waals surface area contributed by atoms with Crippen molar-refractivity contribution in [3.8, 4) is 0 Å². The summed E-state index contributed by atoms with van der Waals surface area (Å²) in [5, 5.41) is 10.1. The zero-order chi connectivity index (χ0) is 11.5. The molecule has 0 aromatic heterocycles. The van der Waals surface area contributed by atoms with E-state index in [2.05, 4.69) is 4.90 Å². The van der Waals surface area contributed by atoms with E-state index in [0.717, 1.165) is 26.1 Å². The van der Waals surface area contributed by atoms with Crippen molar-refractivity contribution in [3.63, 3.8) is 0 Å². The molecule has 1 aliphatic heterocycles. The van der Waals surface area contributed by atoms with Gasteiger partial charge in [0, 0.05) is 13.1 Å². The third kappa shape index (κ3) is 2.69. The second kappa shape index (κ2) is 5.37. The number of halogens is 2. The van der Waals surface area contributed by atoms with Gasteiger partial charge in [0.2, 0.25) is 0 Å². The van der Waals surface area contributed by atoms with Crippen LogP contribution in [-0.2, 0) is 0 Å². The molecule has 1 fully saturated rings. The first-order chi connectivity index (χ1) is 7.70. The summed E-state index contributed by atoms with van der Waals surface area (Å²) in [6, 6.07) is 5.85. The quantitative estimate of drug-likeness (QED) is 0.903. The molecule has 1 N–H and O–H groups in total. The van der Waals surface area contributed by atoms with Crippen molar-refractivity contribution < 1.29 is 5.11 Å². The van der Waals surface area contributed by atoms with Crippen LogP contribution in [0.3, 0.4) is 0 Å². The van der Waals surface area contributed by atoms with Crippen LogP contribution in [0.15, 0.2) is 18.2 Å². The molecule has 0 radical (unpaired) electrons. The molecule has 1 atom stereocenters. The van der Waals surface area contributed by atoms with Crippen molar-refractivity contribution in [2.45, 2.75) is 12.3 Å². The summed E-state index contributed by atoms with van der Waals surface area (Å²) >= 11 is 11.9. The summed E-state index contributed by atoms with van der Waals surface area (Å²) in [6.07, 6.45) is 1.12. The molecule has 16 heavy (non-hydrogen) atoms. The minimum atomic E-state index is 0.230. The number of hydrogen-bond donors (Lipinski definition) is 1. The van der Waals surface area contributed by atoms with Crippen LogP contribution in [0.5, 0.6) is 0 Å². The van der Waals surface area contributed by atoms with Gasteiger partial charge in [-0.15, -0.1) is 0 Å². The minimum absolute atomic E-state index is 0.230. The Morgan fingerprint density at radius 2 is 2.12 bits per heavy atom. The van der Waals surface area contributed by atoms with Gasteiger partial charge in [-0.05, 0) is 36.6 Å². The monoisotopic (exact) mass is 259 g/mol. The van der Waals surface area contributed by atoms with Crippen LogP contribution in [0.4, 0.5) is 0 Å². The van der Waals surface area contributed by atoms with Crippen LogP contribution in [-0.4, -0.2) is 36.2 Å². The van der Waals surface area contributed by atoms with Crippen LogP contribution < -0.4 is 0 Å². The fourth-order valence-corrected chi connectivity index (χ4v) is 2.52. The Morgan fingerprint density at radius 3 is 2.81 bits per heavy atom. The highest BCUT2D eigenvalue weighted by atomic mass is 35.5. The SMILES string of the molecule is OCCN1CCC(c2ccc(Cl)c(Cl)c2)C1. The summed E-state index contributed by atoms with van der Waals surface area (Å²) in [6.45, 7) is 3.04. The van der Waals surface area contributed by atoms with Crippen LogP contribution in [0, 0.1) is 0 Å².